The average Bonchev–Trinajstić information content (AvgIpc) is 2.22. The molecule has 0 aromatic carbocycles. The molecule has 0 aromatic rings. The molecule has 0 rings (SSSR count). The van der Waals surface area contributed by atoms with Crippen LogP contribution in [0.15, 0.2) is 0 Å². The van der Waals surface area contributed by atoms with Gasteiger partial charge in [0.15, 0.2) is 0 Å². The van der Waals surface area contributed by atoms with Crippen LogP contribution in [0.4, 0.5) is 0 Å². The standard InChI is InChI=1S/2C4H9O.C3H6O2.Al/c2*1-2-3-4-5;1-2-3(4)5;/h2*2-4H2,1H3;2H2,1H3,(H,4,5);/q2*-1;;+3/p-1. The van der Waals surface area contributed by atoms with Gasteiger partial charge in [-0.1, -0.05) is 46.5 Å². The SMILES string of the molecule is CCC(=O)[O-].CCCC[O-].CCCC[O-].[Al+3]. The summed E-state index contributed by atoms with van der Waals surface area (Å²) in [6.07, 6.45) is 3.84. The molecule has 0 unspecified atom stereocenters. The molecule has 16 heavy (non-hydrogen) atoms. The summed E-state index contributed by atoms with van der Waals surface area (Å²) in [4.78, 5) is 9.26. The Morgan fingerprint density at radius 2 is 1.19 bits per heavy atom. The molecule has 0 bridgehead atoms. The molecule has 0 radical (unpaired) electrons. The summed E-state index contributed by atoms with van der Waals surface area (Å²) in [5, 5.41) is 28.3. The topological polar surface area (TPSA) is 86.2 Å². The zero-order valence-electron chi connectivity index (χ0n) is 10.7. The van der Waals surface area contributed by atoms with Crippen LogP contribution in [0.25, 0.3) is 0 Å². The van der Waals surface area contributed by atoms with Gasteiger partial charge in [-0.25, -0.2) is 0 Å². The summed E-state index contributed by atoms with van der Waals surface area (Å²) < 4.78 is 0. The molecule has 0 aliphatic carbocycles. The molecule has 0 saturated heterocycles. The summed E-state index contributed by atoms with van der Waals surface area (Å²) in [7, 11) is 0. The van der Waals surface area contributed by atoms with E-state index in [1.165, 1.54) is 6.92 Å². The number of carboxylic acid groups (broad SMARTS) is 1. The Morgan fingerprint density at radius 1 is 0.938 bits per heavy atom. The van der Waals surface area contributed by atoms with Crippen LogP contribution in [0.1, 0.15) is 52.9 Å². The van der Waals surface area contributed by atoms with Crippen molar-refractivity contribution < 1.29 is 20.1 Å². The van der Waals surface area contributed by atoms with Crippen molar-refractivity contribution >= 4 is 23.3 Å². The molecule has 0 atom stereocenters. The van der Waals surface area contributed by atoms with Crippen molar-refractivity contribution in [2.24, 2.45) is 0 Å². The van der Waals surface area contributed by atoms with Gasteiger partial charge in [0.25, 0.3) is 0 Å². The number of aliphatic carboxylic acids is 1. The fraction of sp³-hybridized carbons (Fsp3) is 0.909. The maximum atomic E-state index is 9.53. The van der Waals surface area contributed by atoms with Gasteiger partial charge in [0, 0.05) is 5.97 Å². The minimum Gasteiger partial charge on any atom is -0.854 e. The molecule has 0 saturated carbocycles. The molecular weight excluding hydrogens is 223 g/mol. The molecular formula is C11H23AlO4. The van der Waals surface area contributed by atoms with Crippen LogP contribution in [0.3, 0.4) is 0 Å². The third-order valence-electron chi connectivity index (χ3n) is 1.28. The van der Waals surface area contributed by atoms with Crippen LogP contribution in [0, 0.1) is 0 Å². The maximum Gasteiger partial charge on any atom is 3.00 e. The average molecular weight is 246 g/mol. The molecule has 0 N–H and O–H groups in total. The Kier molecular flexibility index (Phi) is 45.8. The van der Waals surface area contributed by atoms with Gasteiger partial charge in [-0.3, -0.25) is 0 Å². The van der Waals surface area contributed by atoms with Crippen LogP contribution >= 0.6 is 0 Å². The first kappa shape index (κ1) is 24.9. The summed E-state index contributed by atoms with van der Waals surface area (Å²) in [6, 6.07) is 0. The first-order valence-corrected chi connectivity index (χ1v) is 5.46. The van der Waals surface area contributed by atoms with Gasteiger partial charge < -0.3 is 20.1 Å². The van der Waals surface area contributed by atoms with Gasteiger partial charge in [-0.2, -0.15) is 0 Å². The Hall–Kier alpha value is -0.0775. The van der Waals surface area contributed by atoms with Crippen LogP contribution in [-0.2, 0) is 4.79 Å². The third-order valence-corrected chi connectivity index (χ3v) is 1.28. The number of carbonyl (C=O) groups excluding carboxylic acids is 1. The second kappa shape index (κ2) is 29.4. The second-order valence-corrected chi connectivity index (χ2v) is 2.84. The predicted octanol–water partition coefficient (Wildman–Crippen LogP) is -0.941. The van der Waals surface area contributed by atoms with Crippen LogP contribution in [0.2, 0.25) is 0 Å². The molecule has 0 aliphatic heterocycles. The molecule has 0 fully saturated rings. The van der Waals surface area contributed by atoms with Crippen molar-refractivity contribution in [3.05, 3.63) is 0 Å². The van der Waals surface area contributed by atoms with E-state index in [1.807, 2.05) is 13.8 Å². The van der Waals surface area contributed by atoms with E-state index in [4.69, 9.17) is 0 Å². The minimum absolute atomic E-state index is 0. The van der Waals surface area contributed by atoms with E-state index in [9.17, 15) is 20.1 Å². The number of carbonyl (C=O) groups is 1. The van der Waals surface area contributed by atoms with Crippen LogP contribution in [0.5, 0.6) is 0 Å². The van der Waals surface area contributed by atoms with Crippen molar-refractivity contribution in [2.45, 2.75) is 52.9 Å². The van der Waals surface area contributed by atoms with Crippen LogP contribution < -0.4 is 15.3 Å². The van der Waals surface area contributed by atoms with Gasteiger partial charge >= 0.3 is 17.4 Å². The fourth-order valence-electron chi connectivity index (χ4n) is 0.289. The Bertz CT molecular complexity index is 100. The van der Waals surface area contributed by atoms with Gasteiger partial charge in [0.2, 0.25) is 0 Å². The van der Waals surface area contributed by atoms with E-state index >= 15 is 0 Å². The summed E-state index contributed by atoms with van der Waals surface area (Å²) >= 11 is 0. The van der Waals surface area contributed by atoms with Crippen molar-refractivity contribution in [2.75, 3.05) is 13.2 Å². The van der Waals surface area contributed by atoms with Crippen molar-refractivity contribution in [1.29, 1.82) is 0 Å². The first-order valence-electron chi connectivity index (χ1n) is 5.46. The van der Waals surface area contributed by atoms with E-state index in [0.717, 1.165) is 25.7 Å². The molecule has 0 spiro atoms. The summed E-state index contributed by atoms with van der Waals surface area (Å²) in [5.41, 5.74) is 0. The monoisotopic (exact) mass is 246 g/mol. The largest absolute Gasteiger partial charge is 3.00 e. The smallest absolute Gasteiger partial charge is 0.854 e. The number of hydrogen-bond acceptors (Lipinski definition) is 4. The number of unbranched alkanes of at least 4 members (excludes halogenated alkanes) is 2. The van der Waals surface area contributed by atoms with Gasteiger partial charge in [0.1, 0.15) is 0 Å². The zero-order chi connectivity index (χ0) is 12.5. The molecule has 0 aromatic heterocycles. The first-order chi connectivity index (χ1) is 7.10. The fourth-order valence-corrected chi connectivity index (χ4v) is 0.289. The van der Waals surface area contributed by atoms with Gasteiger partial charge in [-0.15, -0.1) is 13.2 Å². The predicted molar refractivity (Wildman–Crippen MR) is 60.6 cm³/mol. The van der Waals surface area contributed by atoms with Crippen molar-refractivity contribution in [3.8, 4) is 0 Å². The van der Waals surface area contributed by atoms with E-state index < -0.39 is 5.97 Å². The summed E-state index contributed by atoms with van der Waals surface area (Å²) in [6.45, 7) is 5.75. The molecule has 0 heterocycles. The minimum atomic E-state index is -0.995. The normalized spacial score (nSPS) is 7.56. The Labute approximate surface area is 110 Å². The van der Waals surface area contributed by atoms with Crippen molar-refractivity contribution in [1.82, 2.24) is 0 Å². The number of rotatable bonds is 5. The Balaban J connectivity index is -0.0000000655. The maximum absolute atomic E-state index is 9.53. The second-order valence-electron chi connectivity index (χ2n) is 2.84. The van der Waals surface area contributed by atoms with E-state index in [2.05, 4.69) is 0 Å². The van der Waals surface area contributed by atoms with Gasteiger partial charge in [-0.05, 0) is 6.42 Å². The molecule has 0 amide bonds. The van der Waals surface area contributed by atoms with Crippen molar-refractivity contribution in [3.63, 3.8) is 0 Å². The zero-order valence-corrected chi connectivity index (χ0v) is 11.8. The quantitative estimate of drug-likeness (QED) is 0.586. The van der Waals surface area contributed by atoms with Crippen LogP contribution in [-0.4, -0.2) is 36.5 Å². The van der Waals surface area contributed by atoms with E-state index in [0.29, 0.717) is 0 Å². The molecule has 94 valence electrons. The molecule has 0 aliphatic rings. The number of hydrogen-bond donors (Lipinski definition) is 0. The molecule has 4 nitrogen and oxygen atoms in total. The molecule has 5 heteroatoms. The Morgan fingerprint density at radius 3 is 1.19 bits per heavy atom. The van der Waals surface area contributed by atoms with Gasteiger partial charge in [0.05, 0.1) is 0 Å². The number of carboxylic acids is 1. The summed E-state index contributed by atoms with van der Waals surface area (Å²) in [5.74, 6) is -0.995. The third kappa shape index (κ3) is 66.3. The van der Waals surface area contributed by atoms with E-state index in [-0.39, 0.29) is 37.0 Å². The van der Waals surface area contributed by atoms with E-state index in [1.54, 1.807) is 0 Å².